The summed E-state index contributed by atoms with van der Waals surface area (Å²) in [4.78, 5) is 95.1. The molecule has 0 saturated heterocycles. The molecule has 0 spiro atoms. The Labute approximate surface area is 386 Å². The fraction of sp³-hybridized carbons (Fsp3) is 0.526. The number of aliphatic carboxylic acids is 3. The molecular weight excluding hydrogens is 1070 g/mol. The molecule has 2 heterocycles. The minimum Gasteiger partial charge on any atom is -0.693 e. The molecule has 1 unspecified atom stereocenters. The molecule has 2 aromatic heterocycles. The normalized spacial score (nSPS) is 10.7. The number of benzene rings is 1. The number of unbranched alkanes of at least 4 members (excludes halogenated alkanes) is 2. The number of nitrogens with two attached hydrogens (primary N) is 3. The van der Waals surface area contributed by atoms with Crippen LogP contribution < -0.4 is 27.2 Å². The van der Waals surface area contributed by atoms with E-state index in [0.717, 1.165) is 24.8 Å². The third-order valence-corrected chi connectivity index (χ3v) is 8.06. The van der Waals surface area contributed by atoms with Gasteiger partial charge in [0.15, 0.2) is 11.2 Å². The Bertz CT molecular complexity index is 1900. The number of aromatic nitrogens is 4. The maximum Gasteiger partial charge on any atom is -0.693 e. The van der Waals surface area contributed by atoms with E-state index in [9.17, 15) is 38.7 Å². The van der Waals surface area contributed by atoms with Crippen LogP contribution in [0.2, 0.25) is 0 Å². The number of anilines is 2. The van der Waals surface area contributed by atoms with Crippen LogP contribution >= 0.6 is 18.8 Å². The van der Waals surface area contributed by atoms with Gasteiger partial charge in [0.05, 0.1) is 45.7 Å². The molecule has 1 aromatic carbocycles. The first kappa shape index (κ1) is 61.2. The monoisotopic (exact) mass is 1130 g/mol. The van der Waals surface area contributed by atoms with Crippen molar-refractivity contribution in [2.24, 2.45) is 0 Å². The van der Waals surface area contributed by atoms with Gasteiger partial charge in [0.2, 0.25) is 11.9 Å². The van der Waals surface area contributed by atoms with Gasteiger partial charge in [0, 0.05) is 50.9 Å². The molecule has 0 fully saturated rings. The number of ketones is 1. The zero-order valence-corrected chi connectivity index (χ0v) is 39.0. The van der Waals surface area contributed by atoms with Gasteiger partial charge < -0.3 is 63.5 Å². The predicted octanol–water partition coefficient (Wildman–Crippen LogP) is 4.71. The molecule has 13 N–H and O–H groups in total. The molecule has 0 aliphatic carbocycles. The summed E-state index contributed by atoms with van der Waals surface area (Å²) in [7, 11) is 9.75. The van der Waals surface area contributed by atoms with E-state index in [-0.39, 0.29) is 91.9 Å². The Hall–Kier alpha value is -4.87. The average Bonchev–Trinajstić information content (AvgIpc) is 3.23. The molecule has 0 saturated carbocycles. The van der Waals surface area contributed by atoms with Crippen LogP contribution in [0.25, 0.3) is 23.5 Å². The number of halogens is 2. The van der Waals surface area contributed by atoms with Crippen molar-refractivity contribution >= 4 is 77.3 Å². The number of rotatable bonds is 29. The van der Waals surface area contributed by atoms with Gasteiger partial charge in [-0.3, -0.25) is 33.8 Å². The van der Waals surface area contributed by atoms with Crippen molar-refractivity contribution in [1.82, 2.24) is 30.6 Å². The van der Waals surface area contributed by atoms with Crippen LogP contribution in [-0.2, 0) is 61.2 Å². The molecule has 0 aliphatic rings. The van der Waals surface area contributed by atoms with Crippen LogP contribution in [0.15, 0.2) is 35.3 Å². The first-order valence-corrected chi connectivity index (χ1v) is 25.0. The Morgan fingerprint density at radius 1 is 0.812 bits per heavy atom. The van der Waals surface area contributed by atoms with Gasteiger partial charge in [0.1, 0.15) is 17.6 Å². The second kappa shape index (κ2) is 37.5. The topological polar surface area (TPSA) is 391 Å². The fourth-order valence-corrected chi connectivity index (χ4v) is 4.93. The smallest absolute Gasteiger partial charge is 0.693 e. The number of ether oxygens (including phenoxy) is 3. The van der Waals surface area contributed by atoms with Crippen molar-refractivity contribution in [3.05, 3.63) is 64.2 Å². The number of hydrogen-bond donors (Lipinski definition) is 8. The van der Waals surface area contributed by atoms with Gasteiger partial charge >= 0.3 is 53.2 Å². The van der Waals surface area contributed by atoms with Crippen LogP contribution in [0.1, 0.15) is 87.1 Å². The van der Waals surface area contributed by atoms with Gasteiger partial charge in [-0.05, 0) is 37.0 Å². The van der Waals surface area contributed by atoms with Gasteiger partial charge in [-0.2, -0.15) is 4.98 Å². The minimum absolute atomic E-state index is 0. The third kappa shape index (κ3) is 29.5. The number of nitrogens with zero attached hydrogens (tertiary/aromatic N) is 3. The number of carbonyl (C=O) groups excluding carboxylic acids is 3. The number of carbonyl (C=O) groups is 6. The van der Waals surface area contributed by atoms with E-state index in [1.54, 1.807) is 12.1 Å². The molecule has 0 radical (unpaired) electrons. The number of Topliss-reactive ketones (excluding diaryl/α,β-unsaturated/α-hetero) is 1. The summed E-state index contributed by atoms with van der Waals surface area (Å²) in [6, 6.07) is 5.18. The van der Waals surface area contributed by atoms with E-state index >= 15 is 0 Å². The number of nitrogens with one attached hydrogen (secondary N) is 4. The van der Waals surface area contributed by atoms with Crippen molar-refractivity contribution in [3.8, 4) is 0 Å². The van der Waals surface area contributed by atoms with Crippen molar-refractivity contribution < 1.29 is 74.8 Å². The summed E-state index contributed by atoms with van der Waals surface area (Å²) in [6.45, 7) is 4.48. The number of nitrogen functional groups attached to an aromatic ring is 1. The number of carboxylic acids is 3. The fourth-order valence-electron chi connectivity index (χ4n) is 4.93. The Kier molecular flexibility index (Phi) is 35.9. The second-order valence-electron chi connectivity index (χ2n) is 13.0. The molecule has 362 valence electrons. The van der Waals surface area contributed by atoms with Crippen molar-refractivity contribution in [2.75, 3.05) is 57.2 Å². The van der Waals surface area contributed by atoms with Gasteiger partial charge in [0.25, 0.3) is 11.5 Å². The molecular formula is C38H58Cl2N10O13Pt. The predicted molar refractivity (Wildman–Crippen MR) is 235 cm³/mol. The van der Waals surface area contributed by atoms with Crippen LogP contribution in [-0.4, -0.2) is 123 Å². The summed E-state index contributed by atoms with van der Waals surface area (Å²) in [5, 5.41) is 34.3. The molecule has 26 heteroatoms. The molecule has 2 amide bonds. The average molecular weight is 1130 g/mol. The number of amides is 2. The number of fused-ring (bicyclic) bond motifs is 1. The van der Waals surface area contributed by atoms with E-state index in [1.807, 2.05) is 0 Å². The second-order valence-corrected chi connectivity index (χ2v) is 16.2. The number of carboxylic acid groups (broad SMARTS) is 3. The van der Waals surface area contributed by atoms with Crippen LogP contribution in [0, 0.1) is 0 Å². The van der Waals surface area contributed by atoms with Crippen LogP contribution in [0.3, 0.4) is 0 Å². The van der Waals surface area contributed by atoms with E-state index < -0.39 is 51.9 Å². The molecule has 1 atom stereocenters. The van der Waals surface area contributed by atoms with Crippen LogP contribution in [0.5, 0.6) is 0 Å². The Balaban J connectivity index is 0. The molecule has 64 heavy (non-hydrogen) atoms. The summed E-state index contributed by atoms with van der Waals surface area (Å²) >= 11 is -0.472. The summed E-state index contributed by atoms with van der Waals surface area (Å²) in [5.74, 6) is -3.80. The van der Waals surface area contributed by atoms with Gasteiger partial charge in [-0.25, -0.2) is 14.8 Å². The minimum atomic E-state index is -1.25. The van der Waals surface area contributed by atoms with Crippen LogP contribution in [0.4, 0.5) is 11.8 Å². The Morgan fingerprint density at radius 3 is 2.02 bits per heavy atom. The zero-order chi connectivity index (χ0) is 46.1. The number of hydrogen-bond acceptors (Lipinski definition) is 15. The summed E-state index contributed by atoms with van der Waals surface area (Å²) in [6.07, 6.45) is 4.95. The van der Waals surface area contributed by atoms with Crippen molar-refractivity contribution in [3.63, 3.8) is 0 Å². The SMILES string of the molecule is CCCCCC(=O)O.Nc1nc2ncc(NCc3ccc(C(=O)NC(CCC(=O)CCCOCCOCCOCCNC(=O)CCC(=O)O)C(=O)O)cc3)nc2c(=O)[nH]1.[Cl][Pt+2][Cl].[NH2-].[NH2-]. The van der Waals surface area contributed by atoms with E-state index in [2.05, 4.69) is 42.8 Å². The van der Waals surface area contributed by atoms with E-state index in [0.29, 0.717) is 58.2 Å². The number of aromatic amines is 1. The molecule has 0 bridgehead atoms. The van der Waals surface area contributed by atoms with E-state index in [4.69, 9.17) is 49.0 Å². The number of H-pyrrole nitrogens is 1. The summed E-state index contributed by atoms with van der Waals surface area (Å²) < 4.78 is 16.1. The molecule has 0 aliphatic heterocycles. The molecule has 23 nitrogen and oxygen atoms in total. The molecule has 3 rings (SSSR count). The largest absolute Gasteiger partial charge is 0.693 e. The molecule has 3 aromatic rings. The van der Waals surface area contributed by atoms with Gasteiger partial charge in [-0.1, -0.05) is 31.9 Å². The quantitative estimate of drug-likeness (QED) is 0.0436. The standard InChI is InChI=1S/C32H42N8O11.C6H12O2.2ClH.2H2N.Pt/c33-32-39-28-27(30(46)40-32)38-24(19-36-28)35-18-20-3-5-21(6-4-20)29(45)37-23(31(47)48)8-7-22(41)2-1-12-49-14-16-51-17-15-50-13-11-34-25(42)9-10-26(43)44;1-2-3-4-5-6(7)8;;;;;/h3-6,19,23H,1-2,7-18H2,(H,34,42)(H,35,38)(H,37,45)(H,43,44)(H,47,48)(H3,33,36,39,40,46);2-5H2,1H3,(H,7,8);2*1H;2*1H2;/q;;;;2*-1;+4/p-2. The first-order chi connectivity index (χ1) is 29.7. The van der Waals surface area contributed by atoms with Crippen molar-refractivity contribution in [2.45, 2.75) is 83.7 Å². The Morgan fingerprint density at radius 2 is 1.42 bits per heavy atom. The van der Waals surface area contributed by atoms with E-state index in [1.165, 1.54) is 18.3 Å². The van der Waals surface area contributed by atoms with Crippen molar-refractivity contribution in [1.29, 1.82) is 0 Å². The van der Waals surface area contributed by atoms with Gasteiger partial charge in [-0.15, -0.1) is 0 Å². The maximum atomic E-state index is 12.7. The summed E-state index contributed by atoms with van der Waals surface area (Å²) in [5.41, 5.74) is 6.15. The third-order valence-electron chi connectivity index (χ3n) is 8.06. The first-order valence-electron chi connectivity index (χ1n) is 19.4. The maximum absolute atomic E-state index is 12.7. The zero-order valence-electron chi connectivity index (χ0n) is 35.3.